The number of methoxy groups -OCH3 is 2. The quantitative estimate of drug-likeness (QED) is 0.893. The van der Waals surface area contributed by atoms with E-state index in [0.717, 1.165) is 36.4 Å². The summed E-state index contributed by atoms with van der Waals surface area (Å²) in [6.45, 7) is 4.55. The van der Waals surface area contributed by atoms with Gasteiger partial charge in [0.15, 0.2) is 0 Å². The number of ether oxygens (including phenoxy) is 2. The molecule has 1 aliphatic rings. The van der Waals surface area contributed by atoms with Crippen molar-refractivity contribution in [3.8, 4) is 11.5 Å². The first-order valence-electron chi connectivity index (χ1n) is 7.77. The van der Waals surface area contributed by atoms with Gasteiger partial charge in [-0.3, -0.25) is 4.79 Å². The van der Waals surface area contributed by atoms with Crippen molar-refractivity contribution in [2.45, 2.75) is 38.8 Å². The van der Waals surface area contributed by atoms with E-state index in [1.807, 2.05) is 36.9 Å². The molecular formula is C17H27ClN2O3. The Morgan fingerprint density at radius 1 is 1.30 bits per heavy atom. The lowest BCUT2D eigenvalue weighted by Gasteiger charge is -2.30. The van der Waals surface area contributed by atoms with E-state index in [4.69, 9.17) is 15.2 Å². The van der Waals surface area contributed by atoms with E-state index >= 15 is 0 Å². The third-order valence-corrected chi connectivity index (χ3v) is 4.51. The highest BCUT2D eigenvalue weighted by molar-refractivity contribution is 5.85. The van der Waals surface area contributed by atoms with E-state index in [1.54, 1.807) is 14.2 Å². The Bertz CT molecular complexity index is 537. The van der Waals surface area contributed by atoms with Crippen LogP contribution in [0.2, 0.25) is 0 Å². The molecule has 3 atom stereocenters. The van der Waals surface area contributed by atoms with Gasteiger partial charge in [0.25, 0.3) is 0 Å². The first-order chi connectivity index (χ1) is 10.5. The van der Waals surface area contributed by atoms with Gasteiger partial charge >= 0.3 is 0 Å². The van der Waals surface area contributed by atoms with Crippen LogP contribution in [-0.4, -0.2) is 37.6 Å². The molecule has 1 heterocycles. The third kappa shape index (κ3) is 4.09. The minimum absolute atomic E-state index is 0. The van der Waals surface area contributed by atoms with Crippen LogP contribution in [0.3, 0.4) is 0 Å². The lowest BCUT2D eigenvalue weighted by atomic mass is 9.99. The average molecular weight is 343 g/mol. The lowest BCUT2D eigenvalue weighted by molar-refractivity contribution is -0.136. The molecule has 1 aliphatic heterocycles. The smallest absolute Gasteiger partial charge is 0.227 e. The number of benzene rings is 1. The second-order valence-electron chi connectivity index (χ2n) is 5.95. The van der Waals surface area contributed by atoms with E-state index in [2.05, 4.69) is 0 Å². The summed E-state index contributed by atoms with van der Waals surface area (Å²) in [5.41, 5.74) is 6.93. The predicted octanol–water partition coefficient (Wildman–Crippen LogP) is 2.77. The number of carbonyl (C=O) groups excluding carboxylic acids is 1. The summed E-state index contributed by atoms with van der Waals surface area (Å²) in [5.74, 6) is 1.46. The summed E-state index contributed by atoms with van der Waals surface area (Å²) in [6, 6.07) is 5.67. The molecule has 0 aliphatic carbocycles. The number of halogens is 1. The molecule has 2 N–H and O–H groups in total. The number of likely N-dealkylation sites (tertiary alicyclic amines) is 1. The Hall–Kier alpha value is -1.46. The van der Waals surface area contributed by atoms with Crippen LogP contribution in [0.15, 0.2) is 18.2 Å². The van der Waals surface area contributed by atoms with Crippen LogP contribution < -0.4 is 15.2 Å². The summed E-state index contributed by atoms with van der Waals surface area (Å²) in [7, 11) is 3.27. The van der Waals surface area contributed by atoms with Gasteiger partial charge in [0.1, 0.15) is 11.5 Å². The van der Waals surface area contributed by atoms with Gasteiger partial charge in [-0.05, 0) is 31.9 Å². The molecule has 3 unspecified atom stereocenters. The first-order valence-corrected chi connectivity index (χ1v) is 7.77. The van der Waals surface area contributed by atoms with Crippen LogP contribution in [0, 0.1) is 5.92 Å². The molecule has 1 saturated heterocycles. The highest BCUT2D eigenvalue weighted by atomic mass is 35.5. The van der Waals surface area contributed by atoms with Crippen molar-refractivity contribution in [1.82, 2.24) is 4.90 Å². The van der Waals surface area contributed by atoms with E-state index in [9.17, 15) is 4.79 Å². The highest BCUT2D eigenvalue weighted by Crippen LogP contribution is 2.39. The van der Waals surface area contributed by atoms with E-state index in [-0.39, 0.29) is 36.3 Å². The van der Waals surface area contributed by atoms with Gasteiger partial charge in [-0.1, -0.05) is 6.92 Å². The molecule has 0 bridgehead atoms. The topological polar surface area (TPSA) is 64.8 Å². The molecule has 1 aromatic carbocycles. The average Bonchev–Trinajstić information content (AvgIpc) is 3.01. The number of amides is 1. The molecule has 2 rings (SSSR count). The van der Waals surface area contributed by atoms with Crippen molar-refractivity contribution in [1.29, 1.82) is 0 Å². The number of nitrogens with two attached hydrogens (primary N) is 1. The molecule has 0 radical (unpaired) electrons. The SMILES string of the molecule is COc1ccc(C2CCCN2C(=O)C(C)C(C)N)c(OC)c1.Cl. The molecule has 6 heteroatoms. The van der Waals surface area contributed by atoms with Crippen LogP contribution in [-0.2, 0) is 4.79 Å². The van der Waals surface area contributed by atoms with Crippen LogP contribution in [0.25, 0.3) is 0 Å². The molecule has 5 nitrogen and oxygen atoms in total. The van der Waals surface area contributed by atoms with Crippen LogP contribution in [0.5, 0.6) is 11.5 Å². The molecule has 0 aromatic heterocycles. The minimum atomic E-state index is -0.176. The number of carbonyl (C=O) groups is 1. The standard InChI is InChI=1S/C17H26N2O3.ClH/c1-11(12(2)18)17(20)19-9-5-6-15(19)14-8-7-13(21-3)10-16(14)22-4;/h7-8,10-12,15H,5-6,9,18H2,1-4H3;1H. The Morgan fingerprint density at radius 2 is 2.00 bits per heavy atom. The lowest BCUT2D eigenvalue weighted by Crippen LogP contribution is -2.41. The van der Waals surface area contributed by atoms with E-state index in [0.29, 0.717) is 0 Å². The van der Waals surface area contributed by atoms with Crippen LogP contribution in [0.1, 0.15) is 38.3 Å². The highest BCUT2D eigenvalue weighted by Gasteiger charge is 2.34. The number of hydrogen-bond acceptors (Lipinski definition) is 4. The summed E-state index contributed by atoms with van der Waals surface area (Å²) in [5, 5.41) is 0. The largest absolute Gasteiger partial charge is 0.497 e. The summed E-state index contributed by atoms with van der Waals surface area (Å²) >= 11 is 0. The number of hydrogen-bond donors (Lipinski definition) is 1. The van der Waals surface area contributed by atoms with Gasteiger partial charge in [-0.25, -0.2) is 0 Å². The molecule has 0 saturated carbocycles. The Kier molecular flexibility index (Phi) is 7.16. The monoisotopic (exact) mass is 342 g/mol. The van der Waals surface area contributed by atoms with Crippen molar-refractivity contribution in [2.24, 2.45) is 11.7 Å². The van der Waals surface area contributed by atoms with Crippen LogP contribution in [0.4, 0.5) is 0 Å². The van der Waals surface area contributed by atoms with Gasteiger partial charge in [-0.15, -0.1) is 12.4 Å². The maximum atomic E-state index is 12.7. The Morgan fingerprint density at radius 3 is 2.57 bits per heavy atom. The summed E-state index contributed by atoms with van der Waals surface area (Å²) in [6.07, 6.45) is 1.94. The van der Waals surface area contributed by atoms with Crippen molar-refractivity contribution in [3.05, 3.63) is 23.8 Å². The third-order valence-electron chi connectivity index (χ3n) is 4.51. The summed E-state index contributed by atoms with van der Waals surface area (Å²) < 4.78 is 10.7. The molecule has 1 aromatic rings. The normalized spacial score (nSPS) is 19.7. The molecule has 1 amide bonds. The summed E-state index contributed by atoms with van der Waals surface area (Å²) in [4.78, 5) is 14.6. The zero-order valence-corrected chi connectivity index (χ0v) is 15.1. The first kappa shape index (κ1) is 19.6. The van der Waals surface area contributed by atoms with Crippen molar-refractivity contribution >= 4 is 18.3 Å². The van der Waals surface area contributed by atoms with E-state index < -0.39 is 0 Å². The van der Waals surface area contributed by atoms with Crippen molar-refractivity contribution < 1.29 is 14.3 Å². The number of rotatable bonds is 5. The Labute approximate surface area is 144 Å². The fourth-order valence-corrected chi connectivity index (χ4v) is 2.93. The second kappa shape index (κ2) is 8.41. The predicted molar refractivity (Wildman–Crippen MR) is 93.3 cm³/mol. The molecular weight excluding hydrogens is 316 g/mol. The maximum absolute atomic E-state index is 12.7. The van der Waals surface area contributed by atoms with E-state index in [1.165, 1.54) is 0 Å². The van der Waals surface area contributed by atoms with Gasteiger partial charge in [-0.2, -0.15) is 0 Å². The van der Waals surface area contributed by atoms with Crippen LogP contribution >= 0.6 is 12.4 Å². The maximum Gasteiger partial charge on any atom is 0.227 e. The zero-order valence-electron chi connectivity index (χ0n) is 14.2. The molecule has 23 heavy (non-hydrogen) atoms. The fourth-order valence-electron chi connectivity index (χ4n) is 2.93. The van der Waals surface area contributed by atoms with Crippen molar-refractivity contribution in [2.75, 3.05) is 20.8 Å². The van der Waals surface area contributed by atoms with Gasteiger partial charge in [0, 0.05) is 24.2 Å². The Balaban J connectivity index is 0.00000264. The second-order valence-corrected chi connectivity index (χ2v) is 5.95. The number of nitrogens with zero attached hydrogens (tertiary/aromatic N) is 1. The van der Waals surface area contributed by atoms with Gasteiger partial charge in [0.2, 0.25) is 5.91 Å². The molecule has 1 fully saturated rings. The fraction of sp³-hybridized carbons (Fsp3) is 0.588. The molecule has 0 spiro atoms. The van der Waals surface area contributed by atoms with Crippen molar-refractivity contribution in [3.63, 3.8) is 0 Å². The molecule has 130 valence electrons. The van der Waals surface area contributed by atoms with Gasteiger partial charge < -0.3 is 20.1 Å². The van der Waals surface area contributed by atoms with Gasteiger partial charge in [0.05, 0.1) is 26.2 Å². The zero-order chi connectivity index (χ0) is 16.3. The minimum Gasteiger partial charge on any atom is -0.497 e.